The van der Waals surface area contributed by atoms with E-state index in [0.717, 1.165) is 43.5 Å². The van der Waals surface area contributed by atoms with Crippen LogP contribution in [0.3, 0.4) is 0 Å². The Kier molecular flexibility index (Phi) is 10.3. The largest absolute Gasteiger partial charge is 0.492 e. The Balaban J connectivity index is 1.33. The van der Waals surface area contributed by atoms with Crippen molar-refractivity contribution in [2.24, 2.45) is 0 Å². The fourth-order valence-corrected chi connectivity index (χ4v) is 6.13. The van der Waals surface area contributed by atoms with Gasteiger partial charge in [-0.25, -0.2) is 4.79 Å². The van der Waals surface area contributed by atoms with Gasteiger partial charge in [0.05, 0.1) is 6.04 Å². The minimum atomic E-state index is -0.940. The quantitative estimate of drug-likeness (QED) is 0.184. The van der Waals surface area contributed by atoms with Crippen molar-refractivity contribution in [1.29, 1.82) is 0 Å². The zero-order chi connectivity index (χ0) is 30.2. The summed E-state index contributed by atoms with van der Waals surface area (Å²) in [7, 11) is 2.20. The summed E-state index contributed by atoms with van der Waals surface area (Å²) in [5.74, 6) is -0.162. The molecule has 2 unspecified atom stereocenters. The van der Waals surface area contributed by atoms with Crippen molar-refractivity contribution in [3.8, 4) is 5.75 Å². The molecule has 0 saturated heterocycles. The van der Waals surface area contributed by atoms with Crippen molar-refractivity contribution < 1.29 is 19.4 Å². The molecule has 4 aromatic carbocycles. The number of carbonyl (C=O) groups is 1. The normalized spacial score (nSPS) is 14.9. The molecular formula is C38H43NO4. The first-order chi connectivity index (χ1) is 20.9. The third-order valence-electron chi connectivity index (χ3n) is 8.47. The number of hydrogen-bond donors (Lipinski definition) is 1. The molecule has 4 aromatic rings. The van der Waals surface area contributed by atoms with E-state index in [1.165, 1.54) is 38.9 Å². The van der Waals surface area contributed by atoms with Gasteiger partial charge in [-0.05, 0) is 96.3 Å². The summed E-state index contributed by atoms with van der Waals surface area (Å²) in [5, 5.41) is 9.39. The molecule has 0 radical (unpaired) electrons. The van der Waals surface area contributed by atoms with Crippen LogP contribution in [0.4, 0.5) is 0 Å². The molecule has 43 heavy (non-hydrogen) atoms. The van der Waals surface area contributed by atoms with E-state index in [9.17, 15) is 9.90 Å². The van der Waals surface area contributed by atoms with Gasteiger partial charge >= 0.3 is 5.97 Å². The molecule has 0 bridgehead atoms. The summed E-state index contributed by atoms with van der Waals surface area (Å²) in [5.41, 5.74) is 10.6. The lowest BCUT2D eigenvalue weighted by atomic mass is 9.90. The van der Waals surface area contributed by atoms with Gasteiger partial charge in [-0.3, -0.25) is 4.90 Å². The van der Waals surface area contributed by atoms with Gasteiger partial charge in [0.25, 0.3) is 0 Å². The third-order valence-corrected chi connectivity index (χ3v) is 8.47. The fraction of sp³-hybridized carbons (Fsp3) is 0.342. The first-order valence-corrected chi connectivity index (χ1v) is 15.5. The lowest BCUT2D eigenvalue weighted by Crippen LogP contribution is -2.30. The number of rotatable bonds is 13. The average molecular weight is 578 g/mol. The third kappa shape index (κ3) is 7.73. The highest BCUT2D eigenvalue weighted by molar-refractivity contribution is 5.72. The maximum absolute atomic E-state index is 11.5. The van der Waals surface area contributed by atoms with Crippen LogP contribution in [0.15, 0.2) is 91.0 Å². The molecule has 5 heteroatoms. The Labute approximate surface area is 256 Å². The predicted molar refractivity (Wildman–Crippen MR) is 172 cm³/mol. The van der Waals surface area contributed by atoms with Crippen molar-refractivity contribution in [2.45, 2.75) is 58.1 Å². The summed E-state index contributed by atoms with van der Waals surface area (Å²) in [6.45, 7) is 5.71. The van der Waals surface area contributed by atoms with Crippen molar-refractivity contribution >= 4 is 5.97 Å². The molecule has 5 nitrogen and oxygen atoms in total. The second-order valence-electron chi connectivity index (χ2n) is 11.4. The van der Waals surface area contributed by atoms with Gasteiger partial charge in [-0.15, -0.1) is 0 Å². The van der Waals surface area contributed by atoms with Gasteiger partial charge in [0.1, 0.15) is 12.4 Å². The maximum atomic E-state index is 11.5. The summed E-state index contributed by atoms with van der Waals surface area (Å²) in [6.07, 6.45) is 3.55. The number of benzene rings is 4. The Morgan fingerprint density at radius 1 is 0.837 bits per heavy atom. The second-order valence-corrected chi connectivity index (χ2v) is 11.4. The van der Waals surface area contributed by atoms with Crippen molar-refractivity contribution in [2.75, 3.05) is 26.8 Å². The Morgan fingerprint density at radius 2 is 1.56 bits per heavy atom. The fourth-order valence-electron chi connectivity index (χ4n) is 6.13. The van der Waals surface area contributed by atoms with E-state index in [1.54, 1.807) is 0 Å². The molecule has 0 amide bonds. The van der Waals surface area contributed by atoms with Crippen LogP contribution in [0.5, 0.6) is 5.75 Å². The number of carboxylic acid groups (broad SMARTS) is 1. The first-order valence-electron chi connectivity index (χ1n) is 15.5. The van der Waals surface area contributed by atoms with Crippen LogP contribution in [0.2, 0.25) is 0 Å². The van der Waals surface area contributed by atoms with Crippen molar-refractivity contribution in [3.05, 3.63) is 136 Å². The van der Waals surface area contributed by atoms with Gasteiger partial charge in [0.2, 0.25) is 0 Å². The van der Waals surface area contributed by atoms with Crippen LogP contribution < -0.4 is 4.74 Å². The highest BCUT2D eigenvalue weighted by atomic mass is 16.5. The van der Waals surface area contributed by atoms with Gasteiger partial charge < -0.3 is 14.6 Å². The number of aliphatic carboxylic acids is 1. The number of likely N-dealkylation sites (N-methyl/N-ethyl adjacent to an activating group) is 1. The Hall–Kier alpha value is -3.93. The van der Waals surface area contributed by atoms with Crippen LogP contribution in [0, 0.1) is 0 Å². The molecular weight excluding hydrogens is 534 g/mol. The number of nitrogens with zero attached hydrogens (tertiary/aromatic N) is 1. The molecule has 1 N–H and O–H groups in total. The highest BCUT2D eigenvalue weighted by Gasteiger charge is 2.27. The minimum Gasteiger partial charge on any atom is -0.492 e. The van der Waals surface area contributed by atoms with Crippen LogP contribution in [-0.2, 0) is 41.6 Å². The molecule has 0 spiro atoms. The number of ether oxygens (including phenoxy) is 2. The highest BCUT2D eigenvalue weighted by Crippen LogP contribution is 2.37. The lowest BCUT2D eigenvalue weighted by Gasteiger charge is -2.31. The molecule has 5 rings (SSSR count). The van der Waals surface area contributed by atoms with Gasteiger partial charge in [0.15, 0.2) is 6.10 Å². The molecule has 0 saturated carbocycles. The minimum absolute atomic E-state index is 0.145. The van der Waals surface area contributed by atoms with E-state index in [1.807, 2.05) is 31.2 Å². The van der Waals surface area contributed by atoms with Gasteiger partial charge in [0, 0.05) is 19.6 Å². The van der Waals surface area contributed by atoms with Gasteiger partial charge in [-0.2, -0.15) is 0 Å². The lowest BCUT2D eigenvalue weighted by molar-refractivity contribution is -0.149. The Morgan fingerprint density at radius 3 is 2.28 bits per heavy atom. The van der Waals surface area contributed by atoms with E-state index in [2.05, 4.69) is 85.6 Å². The summed E-state index contributed by atoms with van der Waals surface area (Å²) >= 11 is 0. The van der Waals surface area contributed by atoms with Crippen LogP contribution >= 0.6 is 0 Å². The number of hydrogen-bond acceptors (Lipinski definition) is 4. The topological polar surface area (TPSA) is 59.0 Å². The second kappa shape index (κ2) is 14.5. The van der Waals surface area contributed by atoms with Crippen molar-refractivity contribution in [1.82, 2.24) is 4.90 Å². The zero-order valence-electron chi connectivity index (χ0n) is 25.6. The summed E-state index contributed by atoms with van der Waals surface area (Å²) in [6, 6.07) is 32.6. The Bertz CT molecular complexity index is 1500. The molecule has 0 aliphatic heterocycles. The maximum Gasteiger partial charge on any atom is 0.333 e. The smallest absolute Gasteiger partial charge is 0.333 e. The summed E-state index contributed by atoms with van der Waals surface area (Å²) < 4.78 is 11.5. The number of carboxylic acids is 1. The van der Waals surface area contributed by atoms with E-state index < -0.39 is 12.1 Å². The number of fused-ring (bicyclic) bond motifs is 2. The zero-order valence-corrected chi connectivity index (χ0v) is 25.6. The summed E-state index contributed by atoms with van der Waals surface area (Å²) in [4.78, 5) is 13.9. The first kappa shape index (κ1) is 30.5. The van der Waals surface area contributed by atoms with E-state index in [0.29, 0.717) is 19.6 Å². The standard InChI is InChI=1S/C38H43NO4/c1-4-27-14-20-34-32(24-27)17-16-31-15-11-30(23-28-9-7-6-8-10-28)25-35(31)37(34)39(3)21-22-43-33-18-12-29(13-19-33)26-36(38(40)41)42-5-2/h6-15,18-20,24-25,36-37H,4-5,16-17,21-23,26H2,1-3H3,(H,40,41). The van der Waals surface area contributed by atoms with E-state index >= 15 is 0 Å². The molecule has 224 valence electrons. The van der Waals surface area contributed by atoms with Crippen LogP contribution in [0.25, 0.3) is 0 Å². The molecule has 0 fully saturated rings. The van der Waals surface area contributed by atoms with Crippen molar-refractivity contribution in [3.63, 3.8) is 0 Å². The molecule has 0 aromatic heterocycles. The molecule has 2 atom stereocenters. The van der Waals surface area contributed by atoms with Gasteiger partial charge in [-0.1, -0.05) is 85.8 Å². The predicted octanol–water partition coefficient (Wildman–Crippen LogP) is 7.07. The van der Waals surface area contributed by atoms with E-state index in [-0.39, 0.29) is 6.04 Å². The monoisotopic (exact) mass is 577 g/mol. The number of aryl methyl sites for hydroxylation is 3. The average Bonchev–Trinajstić information content (AvgIpc) is 3.18. The SMILES string of the molecule is CCOC(Cc1ccc(OCCN(C)C2c3ccc(CC)cc3CCc3ccc(Cc4ccccc4)cc32)cc1)C(=O)O. The van der Waals surface area contributed by atoms with Crippen LogP contribution in [0.1, 0.15) is 64.4 Å². The van der Waals surface area contributed by atoms with Crippen LogP contribution in [-0.4, -0.2) is 48.9 Å². The van der Waals surface area contributed by atoms with E-state index in [4.69, 9.17) is 9.47 Å². The molecule has 0 heterocycles. The molecule has 1 aliphatic rings. The molecule has 1 aliphatic carbocycles.